The Morgan fingerprint density at radius 3 is 1.15 bits per heavy atom. The smallest absolute Gasteiger partial charge is 0.342 e. The van der Waals surface area contributed by atoms with Crippen molar-refractivity contribution >= 4 is 60.2 Å². The zero-order valence-corrected chi connectivity index (χ0v) is 56.6. The summed E-state index contributed by atoms with van der Waals surface area (Å²) in [4.78, 5) is 61.1. The highest BCUT2D eigenvalue weighted by Crippen LogP contribution is 2.42. The highest BCUT2D eigenvalue weighted by atomic mass is 16.6. The number of carbonyl (C=O) groups excluding carboxylic acids is 5. The van der Waals surface area contributed by atoms with Gasteiger partial charge in [-0.15, -0.1) is 0 Å². The molecule has 0 heterocycles. The van der Waals surface area contributed by atoms with Gasteiger partial charge >= 0.3 is 29.8 Å². The molecule has 5 fully saturated rings. The summed E-state index contributed by atoms with van der Waals surface area (Å²) in [5.74, 6) is -1.87. The van der Waals surface area contributed by atoms with Crippen LogP contribution >= 0.6 is 0 Å². The Morgan fingerprint density at radius 2 is 0.747 bits per heavy atom. The molecule has 0 amide bonds. The molecule has 5 aromatic carbocycles. The van der Waals surface area contributed by atoms with Gasteiger partial charge in [-0.1, -0.05) is 128 Å². The van der Waals surface area contributed by atoms with Crippen LogP contribution in [0.1, 0.15) is 275 Å². The van der Waals surface area contributed by atoms with Gasteiger partial charge in [0.1, 0.15) is 67.9 Å². The number of benzene rings is 5. The van der Waals surface area contributed by atoms with Crippen LogP contribution in [0.2, 0.25) is 0 Å². The fourth-order valence-corrected chi connectivity index (χ4v) is 13.4. The van der Waals surface area contributed by atoms with E-state index in [0.717, 1.165) is 166 Å². The summed E-state index contributed by atoms with van der Waals surface area (Å²) >= 11 is 0. The van der Waals surface area contributed by atoms with Gasteiger partial charge in [0.05, 0.1) is 16.7 Å². The third-order valence-electron chi connectivity index (χ3n) is 19.7. The molecule has 0 atom stereocenters. The largest absolute Gasteiger partial charge is 0.508 e. The average Bonchev–Trinajstić information content (AvgIpc) is 1.93. The highest BCUT2D eigenvalue weighted by Gasteiger charge is 2.41. The fraction of sp³-hybridized carbons (Fsp3) is 0.438. The van der Waals surface area contributed by atoms with Crippen molar-refractivity contribution in [1.82, 2.24) is 0 Å². The van der Waals surface area contributed by atoms with Gasteiger partial charge in [0.2, 0.25) is 0 Å². The van der Waals surface area contributed by atoms with E-state index in [2.05, 4.69) is 53.7 Å². The number of aromatic hydroxyl groups is 5. The van der Waals surface area contributed by atoms with Gasteiger partial charge in [0.25, 0.3) is 0 Å². The number of esters is 5. The van der Waals surface area contributed by atoms with Crippen molar-refractivity contribution < 1.29 is 73.2 Å². The molecule has 5 aromatic rings. The lowest BCUT2D eigenvalue weighted by Crippen LogP contribution is -2.31. The standard InChI is InChI=1S/5C16H20O3/c1-3-12-8-7-9-13(14(12)17)15(18)19-16(4-2)10-5-6-11-16;1-3-12-7-8-13(17)11-14(12)15(18)19-16(4-2)9-5-6-10-16;1-3-12-7-8-13(11-14(12)17)15(18)19-16(4-2)9-5-6-10-16;1-3-12-7-8-13(14(17)11-12)15(18)19-16(4-2)9-5-6-10-16;1-3-12-9-13(11-14(17)10-12)15(18)19-16(4-2)7-5-6-8-16/h3,7-9,17H,1,4-6,10-11H2,2H3;3*3,7-8,11,17H,1,4-6,9-10H2,2H3;3,9-11,17H,1,4-8H2,2H3. The lowest BCUT2D eigenvalue weighted by molar-refractivity contribution is -0.0184. The second-order valence-electron chi connectivity index (χ2n) is 25.6. The van der Waals surface area contributed by atoms with Crippen molar-refractivity contribution in [3.8, 4) is 28.7 Å². The Labute approximate surface area is 562 Å². The minimum Gasteiger partial charge on any atom is -0.508 e. The van der Waals surface area contributed by atoms with Crippen LogP contribution in [0.4, 0.5) is 0 Å². The van der Waals surface area contributed by atoms with E-state index in [1.807, 2.05) is 13.8 Å². The van der Waals surface area contributed by atoms with E-state index in [4.69, 9.17) is 23.7 Å². The molecule has 5 aliphatic carbocycles. The molecule has 0 saturated heterocycles. The average molecular weight is 1300 g/mol. The molecule has 5 saturated carbocycles. The van der Waals surface area contributed by atoms with Crippen LogP contribution in [0.15, 0.2) is 124 Å². The van der Waals surface area contributed by atoms with Gasteiger partial charge in [0.15, 0.2) is 0 Å². The van der Waals surface area contributed by atoms with Gasteiger partial charge in [-0.3, -0.25) is 0 Å². The van der Waals surface area contributed by atoms with Gasteiger partial charge in [-0.2, -0.15) is 0 Å². The van der Waals surface area contributed by atoms with Gasteiger partial charge in [0, 0.05) is 11.1 Å². The van der Waals surface area contributed by atoms with Crippen LogP contribution in [0, 0.1) is 0 Å². The second kappa shape index (κ2) is 35.1. The van der Waals surface area contributed by atoms with Crippen LogP contribution in [0.25, 0.3) is 30.4 Å². The van der Waals surface area contributed by atoms with E-state index in [0.29, 0.717) is 38.9 Å². The molecule has 5 N–H and O–H groups in total. The molecule has 0 bridgehead atoms. The first-order valence-electron chi connectivity index (χ1n) is 33.9. The Morgan fingerprint density at radius 1 is 0.347 bits per heavy atom. The fourth-order valence-electron chi connectivity index (χ4n) is 13.4. The van der Waals surface area contributed by atoms with Crippen molar-refractivity contribution in [2.75, 3.05) is 0 Å². The van der Waals surface area contributed by atoms with Crippen LogP contribution in [-0.2, 0) is 23.7 Å². The maximum Gasteiger partial charge on any atom is 0.342 e. The van der Waals surface area contributed by atoms with Crippen molar-refractivity contribution in [2.24, 2.45) is 0 Å². The van der Waals surface area contributed by atoms with Crippen molar-refractivity contribution in [1.29, 1.82) is 0 Å². The van der Waals surface area contributed by atoms with Crippen LogP contribution in [0.5, 0.6) is 28.7 Å². The SMILES string of the molecule is C=Cc1cc(O)cc(C(=O)OC2(CC)CCCC2)c1.C=Cc1ccc(C(=O)OC2(CC)CCCC2)c(O)c1.C=Cc1ccc(C(=O)OC2(CC)CCCC2)cc1O.C=Cc1ccc(O)cc1C(=O)OC1(CC)CCCC1.C=Cc1cccc(C(=O)OC2(CC)CCCC2)c1O. The minimum absolute atomic E-state index is 0.0493. The normalized spacial score (nSPS) is 17.1. The van der Waals surface area contributed by atoms with Crippen molar-refractivity contribution in [2.45, 2.75) is 223 Å². The molecule has 0 aromatic heterocycles. The first kappa shape index (κ1) is 75.2. The summed E-state index contributed by atoms with van der Waals surface area (Å²) in [6.07, 6.45) is 32.4. The molecule has 0 radical (unpaired) electrons. The van der Waals surface area contributed by atoms with Gasteiger partial charge in [-0.25, -0.2) is 24.0 Å². The van der Waals surface area contributed by atoms with E-state index in [9.17, 15) is 49.5 Å². The lowest BCUT2D eigenvalue weighted by Gasteiger charge is -2.28. The zero-order chi connectivity index (χ0) is 69.4. The molecule has 15 nitrogen and oxygen atoms in total. The number of carbonyl (C=O) groups is 5. The zero-order valence-electron chi connectivity index (χ0n) is 56.6. The maximum atomic E-state index is 12.3. The molecular weight excluding hydrogens is 1200 g/mol. The molecule has 95 heavy (non-hydrogen) atoms. The lowest BCUT2D eigenvalue weighted by atomic mass is 9.98. The Balaban J connectivity index is 0.000000188. The van der Waals surface area contributed by atoms with Crippen molar-refractivity contribution in [3.63, 3.8) is 0 Å². The number of rotatable bonds is 20. The van der Waals surface area contributed by atoms with E-state index in [-0.39, 0.29) is 85.8 Å². The maximum absolute atomic E-state index is 12.3. The predicted molar refractivity (Wildman–Crippen MR) is 376 cm³/mol. The van der Waals surface area contributed by atoms with E-state index in [1.54, 1.807) is 91.0 Å². The minimum atomic E-state index is -0.440. The summed E-state index contributed by atoms with van der Waals surface area (Å²) in [5, 5.41) is 48.8. The van der Waals surface area contributed by atoms with E-state index >= 15 is 0 Å². The monoisotopic (exact) mass is 1300 g/mol. The summed E-state index contributed by atoms with van der Waals surface area (Å²) < 4.78 is 28.5. The molecule has 510 valence electrons. The Bertz CT molecular complexity index is 3490. The van der Waals surface area contributed by atoms with Crippen LogP contribution < -0.4 is 0 Å². The van der Waals surface area contributed by atoms with E-state index in [1.165, 1.54) is 30.3 Å². The summed E-state index contributed by atoms with van der Waals surface area (Å²) in [7, 11) is 0. The van der Waals surface area contributed by atoms with Gasteiger partial charge in [-0.05, 0) is 238 Å². The third kappa shape index (κ3) is 20.1. The molecule has 15 heteroatoms. The third-order valence-corrected chi connectivity index (χ3v) is 19.7. The quantitative estimate of drug-likeness (QED) is 0.0360. The number of phenols is 5. The van der Waals surface area contributed by atoms with Gasteiger partial charge < -0.3 is 49.2 Å². The molecule has 0 aliphatic heterocycles. The number of hydrogen-bond acceptors (Lipinski definition) is 15. The summed E-state index contributed by atoms with van der Waals surface area (Å²) in [6, 6.07) is 24.0. The number of phenolic OH excluding ortho intramolecular Hbond substituents is 5. The first-order valence-corrected chi connectivity index (χ1v) is 33.9. The topological polar surface area (TPSA) is 233 Å². The number of para-hydroxylation sites is 1. The molecule has 10 rings (SSSR count). The van der Waals surface area contributed by atoms with E-state index < -0.39 is 11.9 Å². The van der Waals surface area contributed by atoms with Crippen molar-refractivity contribution in [3.05, 3.63) is 180 Å². The molecule has 0 unspecified atom stereocenters. The summed E-state index contributed by atoms with van der Waals surface area (Å²) in [6.45, 7) is 28.4. The van der Waals surface area contributed by atoms with Crippen LogP contribution in [-0.4, -0.2) is 83.4 Å². The second-order valence-corrected chi connectivity index (χ2v) is 25.6. The number of hydrogen-bond donors (Lipinski definition) is 5. The highest BCUT2D eigenvalue weighted by molar-refractivity contribution is 5.96. The summed E-state index contributed by atoms with van der Waals surface area (Å²) in [5.41, 5.74) is 3.34. The Kier molecular flexibility index (Phi) is 27.7. The predicted octanol–water partition coefficient (Wildman–Crippen LogP) is 19.6. The number of ether oxygens (including phenoxy) is 5. The molecule has 5 aliphatic rings. The Hall–Kier alpha value is -8.85. The first-order chi connectivity index (χ1) is 45.5. The van der Waals surface area contributed by atoms with Crippen LogP contribution in [0.3, 0.4) is 0 Å². The molecular formula is C80H100O15. The molecule has 0 spiro atoms.